The van der Waals surface area contributed by atoms with Gasteiger partial charge in [0.2, 0.25) is 0 Å². The molecule has 0 fully saturated rings. The molecular formula is C15H13F3N2O2. The van der Waals surface area contributed by atoms with E-state index in [1.807, 2.05) is 12.1 Å². The van der Waals surface area contributed by atoms with Gasteiger partial charge in [-0.1, -0.05) is 12.1 Å². The number of hydrogen-bond donors (Lipinski definition) is 1. The highest BCUT2D eigenvalue weighted by Crippen LogP contribution is 2.26. The highest BCUT2D eigenvalue weighted by Gasteiger charge is 2.31. The van der Waals surface area contributed by atoms with Crippen LogP contribution in [0.1, 0.15) is 11.3 Å². The van der Waals surface area contributed by atoms with E-state index in [4.69, 9.17) is 4.74 Å². The second kappa shape index (κ2) is 5.75. The Labute approximate surface area is 124 Å². The van der Waals surface area contributed by atoms with Gasteiger partial charge in [0.15, 0.2) is 0 Å². The maximum atomic E-state index is 12.2. The van der Waals surface area contributed by atoms with Gasteiger partial charge in [0.25, 0.3) is 0 Å². The standard InChI is InChI=1S/C15H13F3N2O2/c16-15(17,18)22-13-3-1-2-12(8-13)21-9-11-5-4-10-6-7-19-14(10)20-11/h1-5,8H,6-7,9H2,(H,19,20). The van der Waals surface area contributed by atoms with Gasteiger partial charge >= 0.3 is 6.36 Å². The molecule has 1 aromatic heterocycles. The summed E-state index contributed by atoms with van der Waals surface area (Å²) in [6, 6.07) is 9.24. The van der Waals surface area contributed by atoms with E-state index in [-0.39, 0.29) is 18.1 Å². The third kappa shape index (κ3) is 3.60. The molecule has 0 spiro atoms. The van der Waals surface area contributed by atoms with Gasteiger partial charge in [0.1, 0.15) is 23.9 Å². The van der Waals surface area contributed by atoms with Crippen LogP contribution in [-0.4, -0.2) is 17.9 Å². The minimum absolute atomic E-state index is 0.171. The molecule has 0 atom stereocenters. The van der Waals surface area contributed by atoms with Crippen LogP contribution >= 0.6 is 0 Å². The quantitative estimate of drug-likeness (QED) is 0.938. The van der Waals surface area contributed by atoms with Crippen molar-refractivity contribution in [2.24, 2.45) is 0 Å². The van der Waals surface area contributed by atoms with E-state index in [0.29, 0.717) is 5.69 Å². The molecule has 0 bridgehead atoms. The van der Waals surface area contributed by atoms with Gasteiger partial charge in [-0.25, -0.2) is 4.98 Å². The fraction of sp³-hybridized carbons (Fsp3) is 0.267. The SMILES string of the molecule is FC(F)(F)Oc1cccc(OCc2ccc3c(n2)NCC3)c1. The highest BCUT2D eigenvalue weighted by molar-refractivity contribution is 5.49. The van der Waals surface area contributed by atoms with Crippen molar-refractivity contribution >= 4 is 5.82 Å². The molecule has 0 aliphatic carbocycles. The first-order chi connectivity index (χ1) is 10.5. The van der Waals surface area contributed by atoms with Crippen LogP contribution in [0.25, 0.3) is 0 Å². The summed E-state index contributed by atoms with van der Waals surface area (Å²) in [5.41, 5.74) is 1.86. The largest absolute Gasteiger partial charge is 0.573 e. The topological polar surface area (TPSA) is 43.4 Å². The monoisotopic (exact) mass is 310 g/mol. The van der Waals surface area contributed by atoms with E-state index in [0.717, 1.165) is 24.3 Å². The number of alkyl halides is 3. The minimum atomic E-state index is -4.72. The van der Waals surface area contributed by atoms with Crippen molar-refractivity contribution in [1.29, 1.82) is 0 Å². The van der Waals surface area contributed by atoms with Gasteiger partial charge in [-0.15, -0.1) is 13.2 Å². The fourth-order valence-corrected chi connectivity index (χ4v) is 2.20. The number of hydrogen-bond acceptors (Lipinski definition) is 4. The minimum Gasteiger partial charge on any atom is -0.487 e. The molecule has 0 saturated carbocycles. The molecule has 1 aliphatic rings. The number of fused-ring (bicyclic) bond motifs is 1. The summed E-state index contributed by atoms with van der Waals surface area (Å²) in [5, 5.41) is 3.16. The van der Waals surface area contributed by atoms with E-state index in [1.165, 1.54) is 18.2 Å². The van der Waals surface area contributed by atoms with Crippen molar-refractivity contribution in [3.63, 3.8) is 0 Å². The molecule has 0 radical (unpaired) electrons. The van der Waals surface area contributed by atoms with Gasteiger partial charge in [0.05, 0.1) is 5.69 Å². The number of nitrogens with one attached hydrogen (secondary N) is 1. The first kappa shape index (κ1) is 14.5. The van der Waals surface area contributed by atoms with Gasteiger partial charge in [0, 0.05) is 12.6 Å². The predicted octanol–water partition coefficient (Wildman–Crippen LogP) is 3.53. The molecule has 4 nitrogen and oxygen atoms in total. The molecule has 0 unspecified atom stereocenters. The molecule has 1 aliphatic heterocycles. The molecule has 2 heterocycles. The maximum Gasteiger partial charge on any atom is 0.573 e. The Morgan fingerprint density at radius 3 is 2.77 bits per heavy atom. The summed E-state index contributed by atoms with van der Waals surface area (Å²) in [6.45, 7) is 1.04. The zero-order valence-electron chi connectivity index (χ0n) is 11.5. The number of anilines is 1. The average Bonchev–Trinajstić information content (AvgIpc) is 2.91. The summed E-state index contributed by atoms with van der Waals surface area (Å²) in [6.07, 6.45) is -3.77. The van der Waals surface area contributed by atoms with Crippen LogP contribution < -0.4 is 14.8 Å². The van der Waals surface area contributed by atoms with Gasteiger partial charge < -0.3 is 14.8 Å². The molecule has 0 amide bonds. The van der Waals surface area contributed by atoms with Gasteiger partial charge in [-0.3, -0.25) is 0 Å². The average molecular weight is 310 g/mol. The number of rotatable bonds is 4. The zero-order chi connectivity index (χ0) is 15.6. The Bertz CT molecular complexity index is 674. The Morgan fingerprint density at radius 2 is 1.95 bits per heavy atom. The predicted molar refractivity (Wildman–Crippen MR) is 73.9 cm³/mol. The number of nitrogens with zero attached hydrogens (tertiary/aromatic N) is 1. The van der Waals surface area contributed by atoms with Crippen molar-refractivity contribution in [2.75, 3.05) is 11.9 Å². The molecule has 116 valence electrons. The molecule has 1 N–H and O–H groups in total. The van der Waals surface area contributed by atoms with Crippen molar-refractivity contribution < 1.29 is 22.6 Å². The van der Waals surface area contributed by atoms with Crippen LogP contribution in [-0.2, 0) is 13.0 Å². The number of ether oxygens (including phenoxy) is 2. The lowest BCUT2D eigenvalue weighted by Crippen LogP contribution is -2.17. The molecule has 2 aromatic rings. The summed E-state index contributed by atoms with van der Waals surface area (Å²) < 4.78 is 45.8. The summed E-state index contributed by atoms with van der Waals surface area (Å²) in [5.74, 6) is 0.820. The smallest absolute Gasteiger partial charge is 0.487 e. The maximum absolute atomic E-state index is 12.2. The van der Waals surface area contributed by atoms with Crippen LogP contribution in [0.15, 0.2) is 36.4 Å². The van der Waals surface area contributed by atoms with E-state index in [1.54, 1.807) is 6.07 Å². The van der Waals surface area contributed by atoms with Gasteiger partial charge in [-0.2, -0.15) is 0 Å². The third-order valence-corrected chi connectivity index (χ3v) is 3.15. The van der Waals surface area contributed by atoms with E-state index in [9.17, 15) is 13.2 Å². The molecular weight excluding hydrogens is 297 g/mol. The normalized spacial score (nSPS) is 13.4. The second-order valence-corrected chi connectivity index (χ2v) is 4.80. The van der Waals surface area contributed by atoms with Crippen LogP contribution in [0.5, 0.6) is 11.5 Å². The Morgan fingerprint density at radius 1 is 1.14 bits per heavy atom. The van der Waals surface area contributed by atoms with Crippen LogP contribution in [0.4, 0.5) is 19.0 Å². The van der Waals surface area contributed by atoms with Crippen LogP contribution in [0.3, 0.4) is 0 Å². The first-order valence-electron chi connectivity index (χ1n) is 6.71. The lowest BCUT2D eigenvalue weighted by Gasteiger charge is -2.11. The summed E-state index contributed by atoms with van der Waals surface area (Å²) >= 11 is 0. The molecule has 1 aromatic carbocycles. The first-order valence-corrected chi connectivity index (χ1v) is 6.71. The molecule has 22 heavy (non-hydrogen) atoms. The summed E-state index contributed by atoms with van der Waals surface area (Å²) in [4.78, 5) is 4.40. The highest BCUT2D eigenvalue weighted by atomic mass is 19.4. The molecule has 0 saturated heterocycles. The Hall–Kier alpha value is -2.44. The van der Waals surface area contributed by atoms with E-state index in [2.05, 4.69) is 15.0 Å². The van der Waals surface area contributed by atoms with Crippen molar-refractivity contribution in [3.05, 3.63) is 47.7 Å². The van der Waals surface area contributed by atoms with Crippen molar-refractivity contribution in [1.82, 2.24) is 4.98 Å². The van der Waals surface area contributed by atoms with Crippen molar-refractivity contribution in [2.45, 2.75) is 19.4 Å². The number of halogens is 3. The fourth-order valence-electron chi connectivity index (χ4n) is 2.20. The lowest BCUT2D eigenvalue weighted by atomic mass is 10.2. The molecule has 7 heteroatoms. The summed E-state index contributed by atoms with van der Waals surface area (Å²) in [7, 11) is 0. The van der Waals surface area contributed by atoms with Crippen LogP contribution in [0, 0.1) is 0 Å². The second-order valence-electron chi connectivity index (χ2n) is 4.80. The van der Waals surface area contributed by atoms with E-state index >= 15 is 0 Å². The van der Waals surface area contributed by atoms with Crippen molar-refractivity contribution in [3.8, 4) is 11.5 Å². The zero-order valence-corrected chi connectivity index (χ0v) is 11.5. The number of benzene rings is 1. The Kier molecular flexibility index (Phi) is 3.79. The Balaban J connectivity index is 1.65. The number of pyridine rings is 1. The van der Waals surface area contributed by atoms with Crippen LogP contribution in [0.2, 0.25) is 0 Å². The molecule has 3 rings (SSSR count). The lowest BCUT2D eigenvalue weighted by molar-refractivity contribution is -0.274. The number of aromatic nitrogens is 1. The van der Waals surface area contributed by atoms with Gasteiger partial charge in [-0.05, 0) is 30.2 Å². The van der Waals surface area contributed by atoms with E-state index < -0.39 is 6.36 Å². The third-order valence-electron chi connectivity index (χ3n) is 3.15.